The summed E-state index contributed by atoms with van der Waals surface area (Å²) in [7, 11) is -4.16. The summed E-state index contributed by atoms with van der Waals surface area (Å²) in [5.74, 6) is -0.674. The molecule has 0 aromatic heterocycles. The van der Waals surface area contributed by atoms with Gasteiger partial charge in [-0.15, -0.1) is 0 Å². The zero-order valence-electron chi connectivity index (χ0n) is 22.4. The van der Waals surface area contributed by atoms with Crippen LogP contribution in [0.5, 0.6) is 0 Å². The minimum atomic E-state index is -4.16. The molecule has 0 aliphatic heterocycles. The van der Waals surface area contributed by atoms with Crippen LogP contribution in [0, 0.1) is 12.8 Å². The van der Waals surface area contributed by atoms with Crippen molar-refractivity contribution in [3.05, 3.63) is 94.0 Å². The van der Waals surface area contributed by atoms with Crippen LogP contribution in [-0.4, -0.2) is 44.3 Å². The van der Waals surface area contributed by atoms with E-state index in [0.29, 0.717) is 27.7 Å². The van der Waals surface area contributed by atoms with Crippen molar-refractivity contribution < 1.29 is 18.0 Å². The van der Waals surface area contributed by atoms with Gasteiger partial charge in [-0.1, -0.05) is 73.4 Å². The summed E-state index contributed by atoms with van der Waals surface area (Å²) < 4.78 is 28.8. The highest BCUT2D eigenvalue weighted by Crippen LogP contribution is 2.31. The second-order valence-electron chi connectivity index (χ2n) is 9.68. The van der Waals surface area contributed by atoms with Gasteiger partial charge in [-0.05, 0) is 67.3 Å². The molecule has 0 fully saturated rings. The summed E-state index contributed by atoms with van der Waals surface area (Å²) in [6.07, 6.45) is 0. The van der Waals surface area contributed by atoms with Crippen molar-refractivity contribution in [1.82, 2.24) is 10.2 Å². The van der Waals surface area contributed by atoms with Gasteiger partial charge >= 0.3 is 0 Å². The van der Waals surface area contributed by atoms with Crippen molar-refractivity contribution >= 4 is 50.7 Å². The van der Waals surface area contributed by atoms with Crippen molar-refractivity contribution in [3.8, 4) is 0 Å². The first-order valence-corrected chi connectivity index (χ1v) is 14.8. The lowest BCUT2D eigenvalue weighted by molar-refractivity contribution is -0.139. The van der Waals surface area contributed by atoms with E-state index in [2.05, 4.69) is 5.32 Å². The molecule has 10 heteroatoms. The number of anilines is 1. The lowest BCUT2D eigenvalue weighted by Crippen LogP contribution is -2.51. The summed E-state index contributed by atoms with van der Waals surface area (Å²) in [6.45, 7) is 7.22. The molecule has 0 heterocycles. The van der Waals surface area contributed by atoms with Gasteiger partial charge in [0, 0.05) is 23.1 Å². The summed E-state index contributed by atoms with van der Waals surface area (Å²) in [5.41, 5.74) is 1.49. The summed E-state index contributed by atoms with van der Waals surface area (Å²) in [6, 6.07) is 18.9. The molecule has 2 amide bonds. The molecule has 0 aliphatic carbocycles. The molecule has 1 unspecified atom stereocenters. The number of hydrogen-bond donors (Lipinski definition) is 1. The number of benzene rings is 3. The average Bonchev–Trinajstić information content (AvgIpc) is 2.90. The van der Waals surface area contributed by atoms with Crippen molar-refractivity contribution in [3.63, 3.8) is 0 Å². The fourth-order valence-electron chi connectivity index (χ4n) is 3.97. The summed E-state index contributed by atoms with van der Waals surface area (Å²) in [5, 5.41) is 3.72. The second kappa shape index (κ2) is 13.3. The monoisotopic (exact) mass is 589 g/mol. The Morgan fingerprint density at radius 3 is 2.23 bits per heavy atom. The van der Waals surface area contributed by atoms with Crippen LogP contribution in [0.3, 0.4) is 0 Å². The van der Waals surface area contributed by atoms with Gasteiger partial charge in [0.25, 0.3) is 10.0 Å². The standard InChI is InChI=1S/C29H33Cl2N3O4S/c1-20(2)17-32-29(36)22(4)33(18-23-10-8-11-24(30)16-23)28(35)19-34(27-15-9-14-26(31)21(27)3)39(37,38)25-12-6-5-7-13-25/h5-16,20,22H,17-19H2,1-4H3,(H,32,36). The average molecular weight is 591 g/mol. The van der Waals surface area contributed by atoms with E-state index in [-0.39, 0.29) is 29.0 Å². The molecule has 0 bridgehead atoms. The largest absolute Gasteiger partial charge is 0.354 e. The van der Waals surface area contributed by atoms with E-state index in [9.17, 15) is 18.0 Å². The molecule has 0 saturated carbocycles. The SMILES string of the molecule is Cc1c(Cl)cccc1N(CC(=O)N(Cc1cccc(Cl)c1)C(C)C(=O)NCC(C)C)S(=O)(=O)c1ccccc1. The highest BCUT2D eigenvalue weighted by molar-refractivity contribution is 7.92. The number of nitrogens with one attached hydrogen (secondary N) is 1. The third-order valence-electron chi connectivity index (χ3n) is 6.21. The number of rotatable bonds is 11. The van der Waals surface area contributed by atoms with Crippen molar-refractivity contribution in [2.75, 3.05) is 17.4 Å². The first kappa shape index (κ1) is 30.5. The smallest absolute Gasteiger partial charge is 0.264 e. The number of hydrogen-bond acceptors (Lipinski definition) is 4. The number of carbonyl (C=O) groups is 2. The lowest BCUT2D eigenvalue weighted by Gasteiger charge is -2.32. The minimum absolute atomic E-state index is 0.0290. The molecule has 0 saturated heterocycles. The maximum atomic E-state index is 13.9. The summed E-state index contributed by atoms with van der Waals surface area (Å²) >= 11 is 12.5. The van der Waals surface area contributed by atoms with Gasteiger partial charge in [-0.3, -0.25) is 13.9 Å². The molecule has 1 N–H and O–H groups in total. The molecule has 39 heavy (non-hydrogen) atoms. The van der Waals surface area contributed by atoms with Crippen molar-refractivity contribution in [2.45, 2.75) is 45.2 Å². The molecule has 0 aliphatic rings. The predicted octanol–water partition coefficient (Wildman–Crippen LogP) is 5.69. The van der Waals surface area contributed by atoms with Gasteiger partial charge in [0.15, 0.2) is 0 Å². The van der Waals surface area contributed by atoms with Gasteiger partial charge in [0.05, 0.1) is 10.6 Å². The normalized spacial score (nSPS) is 12.2. The van der Waals surface area contributed by atoms with E-state index in [1.54, 1.807) is 74.5 Å². The number of sulfonamides is 1. The Hall–Kier alpha value is -3.07. The Kier molecular flexibility index (Phi) is 10.4. The van der Waals surface area contributed by atoms with Crippen LogP contribution in [0.2, 0.25) is 10.0 Å². The van der Waals surface area contributed by atoms with Crippen molar-refractivity contribution in [1.29, 1.82) is 0 Å². The topological polar surface area (TPSA) is 86.8 Å². The van der Waals surface area contributed by atoms with E-state index >= 15 is 0 Å². The highest BCUT2D eigenvalue weighted by Gasteiger charge is 2.33. The molecule has 3 aromatic carbocycles. The minimum Gasteiger partial charge on any atom is -0.354 e. The molecule has 3 aromatic rings. The Labute approximate surface area is 240 Å². The van der Waals surface area contributed by atoms with Crippen LogP contribution < -0.4 is 9.62 Å². The molecule has 0 spiro atoms. The number of amides is 2. The first-order chi connectivity index (χ1) is 18.4. The predicted molar refractivity (Wildman–Crippen MR) is 156 cm³/mol. The van der Waals surface area contributed by atoms with E-state index in [1.807, 2.05) is 13.8 Å². The Morgan fingerprint density at radius 1 is 0.923 bits per heavy atom. The van der Waals surface area contributed by atoms with E-state index in [0.717, 1.165) is 4.31 Å². The van der Waals surface area contributed by atoms with E-state index < -0.39 is 28.5 Å². The Bertz CT molecular complexity index is 1420. The second-order valence-corrected chi connectivity index (χ2v) is 12.4. The van der Waals surface area contributed by atoms with Crippen LogP contribution >= 0.6 is 23.2 Å². The third kappa shape index (κ3) is 7.75. The number of nitrogens with zero attached hydrogens (tertiary/aromatic N) is 2. The van der Waals surface area contributed by atoms with Crippen molar-refractivity contribution in [2.24, 2.45) is 5.92 Å². The lowest BCUT2D eigenvalue weighted by atomic mass is 10.1. The zero-order valence-corrected chi connectivity index (χ0v) is 24.7. The fourth-order valence-corrected chi connectivity index (χ4v) is 5.84. The van der Waals surface area contributed by atoms with Gasteiger partial charge in [-0.25, -0.2) is 8.42 Å². The molecule has 1 atom stereocenters. The molecule has 7 nitrogen and oxygen atoms in total. The molecule has 208 valence electrons. The van der Waals surface area contributed by atoms with Crippen LogP contribution in [0.1, 0.15) is 31.9 Å². The highest BCUT2D eigenvalue weighted by atomic mass is 35.5. The first-order valence-electron chi connectivity index (χ1n) is 12.6. The van der Waals surface area contributed by atoms with Crippen LogP contribution in [0.15, 0.2) is 77.7 Å². The third-order valence-corrected chi connectivity index (χ3v) is 8.63. The summed E-state index contributed by atoms with van der Waals surface area (Å²) in [4.78, 5) is 28.4. The Balaban J connectivity index is 2.04. The number of halogens is 2. The van der Waals surface area contributed by atoms with Gasteiger partial charge < -0.3 is 10.2 Å². The fraction of sp³-hybridized carbons (Fsp3) is 0.310. The van der Waals surface area contributed by atoms with Crippen LogP contribution in [-0.2, 0) is 26.2 Å². The molecule has 0 radical (unpaired) electrons. The maximum absolute atomic E-state index is 13.9. The van der Waals surface area contributed by atoms with E-state index in [4.69, 9.17) is 23.2 Å². The molecule has 3 rings (SSSR count). The molecular weight excluding hydrogens is 557 g/mol. The van der Waals surface area contributed by atoms with Crippen LogP contribution in [0.25, 0.3) is 0 Å². The Morgan fingerprint density at radius 2 is 1.59 bits per heavy atom. The quantitative estimate of drug-likeness (QED) is 0.311. The number of carbonyl (C=O) groups excluding carboxylic acids is 2. The van der Waals surface area contributed by atoms with Gasteiger partial charge in [0.1, 0.15) is 12.6 Å². The molecular formula is C29H33Cl2N3O4S. The zero-order chi connectivity index (χ0) is 28.7. The van der Waals surface area contributed by atoms with Crippen LogP contribution in [0.4, 0.5) is 5.69 Å². The van der Waals surface area contributed by atoms with Gasteiger partial charge in [-0.2, -0.15) is 0 Å². The maximum Gasteiger partial charge on any atom is 0.264 e. The van der Waals surface area contributed by atoms with E-state index in [1.165, 1.54) is 17.0 Å². The van der Waals surface area contributed by atoms with Gasteiger partial charge in [0.2, 0.25) is 11.8 Å².